The Morgan fingerprint density at radius 1 is 1.16 bits per heavy atom. The fourth-order valence-electron chi connectivity index (χ4n) is 4.61. The highest BCUT2D eigenvalue weighted by molar-refractivity contribution is 6.30. The van der Waals surface area contributed by atoms with Gasteiger partial charge in [0.25, 0.3) is 0 Å². The van der Waals surface area contributed by atoms with Crippen molar-refractivity contribution in [2.24, 2.45) is 16.8 Å². The molecule has 2 amide bonds. The number of H-pyrrole nitrogens is 1. The summed E-state index contributed by atoms with van der Waals surface area (Å²) in [6, 6.07) is 10.9. The zero-order valence-corrected chi connectivity index (χ0v) is 23.3. The molecule has 4 aromatic rings. The third-order valence-electron chi connectivity index (χ3n) is 6.64. The number of hydrazone groups is 1. The van der Waals surface area contributed by atoms with Crippen LogP contribution in [0.25, 0.3) is 17.3 Å². The standard InChI is InChI=1S/C29H26ClF2N9O2/c30-17-2-8-26(41(34)15-36-33)16(11-17)1-9-27(42)39-24-13-19-4-6-21(32)22(37-19)7-10-28(43)38-23-12-18(31)3-5-20(23)25-14-35-29(24)40-25/h1-6,8-9,11-12,14-15,24H,7,10,13,33-34H2,(H,35,40)(H,38,43)(H,39,42)/b9-1+,36-15-. The Hall–Kier alpha value is -5.14. The van der Waals surface area contributed by atoms with Gasteiger partial charge in [0.2, 0.25) is 11.8 Å². The molecule has 220 valence electrons. The van der Waals surface area contributed by atoms with Gasteiger partial charge in [-0.2, -0.15) is 5.10 Å². The molecule has 1 aliphatic rings. The predicted molar refractivity (Wildman–Crippen MR) is 160 cm³/mol. The minimum absolute atomic E-state index is 0.0206. The molecule has 0 saturated heterocycles. The molecule has 0 saturated carbocycles. The summed E-state index contributed by atoms with van der Waals surface area (Å²) in [4.78, 5) is 37.9. The number of hydrogen-bond acceptors (Lipinski definition) is 7. The van der Waals surface area contributed by atoms with E-state index >= 15 is 0 Å². The molecule has 14 heteroatoms. The van der Waals surface area contributed by atoms with Crippen LogP contribution in [-0.4, -0.2) is 33.1 Å². The fraction of sp³-hybridized carbons (Fsp3) is 0.138. The lowest BCUT2D eigenvalue weighted by molar-refractivity contribution is -0.117. The molecule has 0 aliphatic carbocycles. The zero-order chi connectivity index (χ0) is 30.5. The minimum Gasteiger partial charge on any atom is -0.342 e. The molecule has 1 atom stereocenters. The zero-order valence-electron chi connectivity index (χ0n) is 22.5. The van der Waals surface area contributed by atoms with E-state index in [1.165, 1.54) is 60.0 Å². The lowest BCUT2D eigenvalue weighted by Crippen LogP contribution is -2.30. The van der Waals surface area contributed by atoms with Crippen molar-refractivity contribution in [2.45, 2.75) is 25.3 Å². The highest BCUT2D eigenvalue weighted by Crippen LogP contribution is 2.30. The van der Waals surface area contributed by atoms with Gasteiger partial charge in [0.1, 0.15) is 23.8 Å². The van der Waals surface area contributed by atoms with E-state index in [4.69, 9.17) is 23.3 Å². The van der Waals surface area contributed by atoms with Gasteiger partial charge in [-0.25, -0.2) is 19.6 Å². The summed E-state index contributed by atoms with van der Waals surface area (Å²) in [6.45, 7) is 0. The Morgan fingerprint density at radius 2 is 2.00 bits per heavy atom. The number of benzene rings is 2. The van der Waals surface area contributed by atoms with Crippen LogP contribution in [0.1, 0.15) is 35.2 Å². The van der Waals surface area contributed by atoms with Gasteiger partial charge in [-0.15, -0.1) is 0 Å². The fourth-order valence-corrected chi connectivity index (χ4v) is 4.79. The molecule has 7 N–H and O–H groups in total. The summed E-state index contributed by atoms with van der Waals surface area (Å²) in [7, 11) is 0. The quantitative estimate of drug-likeness (QED) is 0.0754. The summed E-state index contributed by atoms with van der Waals surface area (Å²) in [5.74, 6) is 9.51. The van der Waals surface area contributed by atoms with E-state index in [2.05, 4.69) is 30.7 Å². The molecule has 11 nitrogen and oxygen atoms in total. The number of hydrogen-bond donors (Lipinski definition) is 5. The van der Waals surface area contributed by atoms with Crippen molar-refractivity contribution in [3.8, 4) is 11.3 Å². The second kappa shape index (κ2) is 12.8. The third-order valence-corrected chi connectivity index (χ3v) is 6.87. The smallest absolute Gasteiger partial charge is 0.244 e. The lowest BCUT2D eigenvalue weighted by atomic mass is 10.1. The van der Waals surface area contributed by atoms with Crippen LogP contribution in [-0.2, 0) is 22.4 Å². The number of hydrazine groups is 1. The number of aryl methyl sites for hydroxylation is 1. The number of nitrogens with one attached hydrogen (secondary N) is 3. The minimum atomic E-state index is -0.729. The van der Waals surface area contributed by atoms with Gasteiger partial charge < -0.3 is 21.5 Å². The molecule has 2 aromatic carbocycles. The number of fused-ring (bicyclic) bond motifs is 6. The number of carbonyl (C=O) groups is 2. The number of aromatic nitrogens is 3. The molecular formula is C29H26ClF2N9O2. The van der Waals surface area contributed by atoms with Crippen molar-refractivity contribution in [1.29, 1.82) is 0 Å². The van der Waals surface area contributed by atoms with Crippen molar-refractivity contribution >= 4 is 47.2 Å². The second-order valence-corrected chi connectivity index (χ2v) is 10.1. The van der Waals surface area contributed by atoms with E-state index in [-0.39, 0.29) is 30.6 Å². The number of halogens is 3. The number of imidazole rings is 1. The summed E-state index contributed by atoms with van der Waals surface area (Å²) < 4.78 is 28.7. The molecule has 3 heterocycles. The number of aromatic amines is 1. The predicted octanol–water partition coefficient (Wildman–Crippen LogP) is 3.98. The first-order valence-electron chi connectivity index (χ1n) is 13.0. The molecule has 1 aliphatic heterocycles. The number of carbonyl (C=O) groups excluding carboxylic acids is 2. The average Bonchev–Trinajstić information content (AvgIpc) is 3.46. The maximum absolute atomic E-state index is 14.6. The Morgan fingerprint density at radius 3 is 2.81 bits per heavy atom. The molecule has 1 unspecified atom stereocenters. The summed E-state index contributed by atoms with van der Waals surface area (Å²) in [5, 5.41) is 10.6. The third kappa shape index (κ3) is 7.02. The van der Waals surface area contributed by atoms with E-state index in [9.17, 15) is 18.4 Å². The largest absolute Gasteiger partial charge is 0.342 e. The monoisotopic (exact) mass is 605 g/mol. The van der Waals surface area contributed by atoms with Gasteiger partial charge in [-0.3, -0.25) is 19.6 Å². The first-order valence-corrected chi connectivity index (χ1v) is 13.4. The van der Waals surface area contributed by atoms with E-state index < -0.39 is 29.5 Å². The highest BCUT2D eigenvalue weighted by Gasteiger charge is 2.22. The molecule has 0 fully saturated rings. The average molecular weight is 606 g/mol. The van der Waals surface area contributed by atoms with Crippen LogP contribution >= 0.6 is 11.6 Å². The van der Waals surface area contributed by atoms with Crippen molar-refractivity contribution in [2.75, 3.05) is 10.3 Å². The van der Waals surface area contributed by atoms with Gasteiger partial charge in [-0.1, -0.05) is 11.6 Å². The second-order valence-electron chi connectivity index (χ2n) is 9.62. The van der Waals surface area contributed by atoms with Crippen LogP contribution in [0.4, 0.5) is 20.2 Å². The Bertz CT molecular complexity index is 1740. The van der Waals surface area contributed by atoms with Crippen LogP contribution < -0.4 is 27.3 Å². The summed E-state index contributed by atoms with van der Waals surface area (Å²) in [6.07, 6.45) is 5.63. The maximum atomic E-state index is 14.6. The Kier molecular flexibility index (Phi) is 8.74. The van der Waals surface area contributed by atoms with Crippen molar-refractivity contribution in [1.82, 2.24) is 20.3 Å². The van der Waals surface area contributed by atoms with Gasteiger partial charge >= 0.3 is 0 Å². The van der Waals surface area contributed by atoms with Gasteiger partial charge in [0.05, 0.1) is 35.0 Å². The molecule has 4 bridgehead atoms. The molecule has 0 spiro atoms. The number of anilines is 2. The van der Waals surface area contributed by atoms with Gasteiger partial charge in [0, 0.05) is 47.2 Å². The number of rotatable bonds is 5. The van der Waals surface area contributed by atoms with Crippen LogP contribution in [0.2, 0.25) is 5.02 Å². The Balaban J connectivity index is 1.49. The number of nitrogens with zero attached hydrogens (tertiary/aromatic N) is 4. The summed E-state index contributed by atoms with van der Waals surface area (Å²) >= 11 is 6.16. The first kappa shape index (κ1) is 29.4. The van der Waals surface area contributed by atoms with Gasteiger partial charge in [0.15, 0.2) is 0 Å². The molecule has 2 aromatic heterocycles. The lowest BCUT2D eigenvalue weighted by Gasteiger charge is -2.17. The first-order chi connectivity index (χ1) is 20.7. The van der Waals surface area contributed by atoms with E-state index in [0.717, 1.165) is 0 Å². The number of pyridine rings is 1. The number of nitrogens with two attached hydrogens (primary N) is 2. The normalized spacial score (nSPS) is 15.2. The molecule has 5 rings (SSSR count). The maximum Gasteiger partial charge on any atom is 0.244 e. The Labute approximate surface area is 249 Å². The van der Waals surface area contributed by atoms with Crippen LogP contribution in [0.15, 0.2) is 65.9 Å². The van der Waals surface area contributed by atoms with E-state index in [1.54, 1.807) is 18.2 Å². The summed E-state index contributed by atoms with van der Waals surface area (Å²) in [5.41, 5.74) is 2.76. The van der Waals surface area contributed by atoms with Crippen LogP contribution in [0, 0.1) is 11.6 Å². The van der Waals surface area contributed by atoms with Crippen LogP contribution in [0.5, 0.6) is 0 Å². The number of amides is 2. The van der Waals surface area contributed by atoms with Crippen molar-refractivity contribution < 1.29 is 18.4 Å². The topological polar surface area (TPSA) is 167 Å². The highest BCUT2D eigenvalue weighted by atomic mass is 35.5. The van der Waals surface area contributed by atoms with Gasteiger partial charge in [-0.05, 0) is 54.6 Å². The van der Waals surface area contributed by atoms with Crippen molar-refractivity contribution in [3.63, 3.8) is 0 Å². The van der Waals surface area contributed by atoms with E-state index in [1.807, 2.05) is 0 Å². The van der Waals surface area contributed by atoms with Crippen LogP contribution in [0.3, 0.4) is 0 Å². The SMILES string of the molecule is N/N=C\N(N)c1ccc(Cl)cc1/C=C/C(=O)NC1Cc2ccc(F)c(n2)CCC(=O)Nc2cc(F)ccc2-c2cnc1[nH]2. The molecule has 0 radical (unpaired) electrons. The van der Waals surface area contributed by atoms with E-state index in [0.29, 0.717) is 39.0 Å². The molecular weight excluding hydrogens is 580 g/mol. The molecule has 43 heavy (non-hydrogen) atoms. The van der Waals surface area contributed by atoms with Crippen molar-refractivity contribution in [3.05, 3.63) is 100 Å².